The van der Waals surface area contributed by atoms with E-state index in [1.807, 2.05) is 6.07 Å². The monoisotopic (exact) mass is 495 g/mol. The zero-order valence-electron chi connectivity index (χ0n) is 21.0. The van der Waals surface area contributed by atoms with Crippen LogP contribution >= 0.6 is 0 Å². The highest BCUT2D eigenvalue weighted by molar-refractivity contribution is 5.88. The summed E-state index contributed by atoms with van der Waals surface area (Å²) in [5, 5.41) is 4.45. The average molecular weight is 496 g/mol. The number of aryl methyl sites for hydroxylation is 1. The Morgan fingerprint density at radius 2 is 1.86 bits per heavy atom. The molecule has 0 saturated carbocycles. The summed E-state index contributed by atoms with van der Waals surface area (Å²) in [6.07, 6.45) is 3.35. The molecule has 1 unspecified atom stereocenters. The topological polar surface area (TPSA) is 72.1 Å². The lowest BCUT2D eigenvalue weighted by molar-refractivity contribution is 0.106. The summed E-state index contributed by atoms with van der Waals surface area (Å²) in [6, 6.07) is 8.32. The second-order valence-electron chi connectivity index (χ2n) is 9.64. The highest BCUT2D eigenvalue weighted by Gasteiger charge is 2.35. The number of hydrogen-bond donors (Lipinski definition) is 0. The van der Waals surface area contributed by atoms with Crippen molar-refractivity contribution in [3.05, 3.63) is 58.8 Å². The minimum Gasteiger partial charge on any atom is -0.364 e. The molecule has 0 bridgehead atoms. The summed E-state index contributed by atoms with van der Waals surface area (Å²) in [6.45, 7) is 7.51. The molecular formula is C26H31F2N7O. The molecule has 190 valence electrons. The van der Waals surface area contributed by atoms with Gasteiger partial charge >= 0.3 is 0 Å². The third kappa shape index (κ3) is 4.34. The maximum Gasteiger partial charge on any atom is 0.257 e. The first kappa shape index (κ1) is 24.3. The summed E-state index contributed by atoms with van der Waals surface area (Å²) in [7, 11) is 1.65. The molecule has 36 heavy (non-hydrogen) atoms. The smallest absolute Gasteiger partial charge is 0.257 e. The van der Waals surface area contributed by atoms with Crippen LogP contribution in [0.4, 0.5) is 14.5 Å². The van der Waals surface area contributed by atoms with Gasteiger partial charge in [-0.15, -0.1) is 0 Å². The van der Waals surface area contributed by atoms with E-state index in [2.05, 4.69) is 57.8 Å². The van der Waals surface area contributed by atoms with E-state index in [9.17, 15) is 13.6 Å². The Kier molecular flexibility index (Phi) is 6.46. The van der Waals surface area contributed by atoms with Gasteiger partial charge in [0.25, 0.3) is 12.0 Å². The molecule has 1 aliphatic rings. The predicted molar refractivity (Wildman–Crippen MR) is 137 cm³/mol. The van der Waals surface area contributed by atoms with Gasteiger partial charge in [0.1, 0.15) is 12.1 Å². The summed E-state index contributed by atoms with van der Waals surface area (Å²) >= 11 is 0. The molecule has 3 atom stereocenters. The van der Waals surface area contributed by atoms with Gasteiger partial charge in [-0.25, -0.2) is 8.78 Å². The number of aromatic nitrogens is 5. The fourth-order valence-corrected chi connectivity index (χ4v) is 5.36. The summed E-state index contributed by atoms with van der Waals surface area (Å²) in [5.74, 6) is 0. The lowest BCUT2D eigenvalue weighted by atomic mass is 9.98. The van der Waals surface area contributed by atoms with Crippen molar-refractivity contribution in [2.75, 3.05) is 18.0 Å². The number of fused-ring (bicyclic) bond motifs is 2. The third-order valence-electron chi connectivity index (χ3n) is 7.40. The summed E-state index contributed by atoms with van der Waals surface area (Å²) in [4.78, 5) is 26.3. The summed E-state index contributed by atoms with van der Waals surface area (Å²) < 4.78 is 28.8. The van der Waals surface area contributed by atoms with Gasteiger partial charge < -0.3 is 9.47 Å². The van der Waals surface area contributed by atoms with Crippen molar-refractivity contribution in [1.29, 1.82) is 0 Å². The lowest BCUT2D eigenvalue weighted by Gasteiger charge is -2.48. The zero-order valence-corrected chi connectivity index (χ0v) is 21.0. The number of benzene rings is 1. The minimum absolute atomic E-state index is 0.0889. The van der Waals surface area contributed by atoms with Crippen molar-refractivity contribution in [3.8, 4) is 0 Å². The molecule has 8 nitrogen and oxygen atoms in total. The van der Waals surface area contributed by atoms with Crippen LogP contribution in [0, 0.1) is 0 Å². The Morgan fingerprint density at radius 3 is 2.58 bits per heavy atom. The first-order valence-corrected chi connectivity index (χ1v) is 12.3. The second-order valence-corrected chi connectivity index (χ2v) is 9.64. The van der Waals surface area contributed by atoms with E-state index in [1.165, 1.54) is 21.0 Å². The summed E-state index contributed by atoms with van der Waals surface area (Å²) in [5.41, 5.74) is 4.61. The molecule has 10 heteroatoms. The van der Waals surface area contributed by atoms with Crippen LogP contribution in [0.2, 0.25) is 0 Å². The number of alkyl halides is 2. The molecule has 3 aromatic heterocycles. The van der Waals surface area contributed by atoms with Gasteiger partial charge in [-0.05, 0) is 38.0 Å². The number of halogens is 2. The van der Waals surface area contributed by atoms with E-state index in [0.717, 1.165) is 24.0 Å². The highest BCUT2D eigenvalue weighted by Crippen LogP contribution is 2.34. The molecule has 4 heterocycles. The molecule has 1 saturated heterocycles. The second kappa shape index (κ2) is 9.57. The highest BCUT2D eigenvalue weighted by atomic mass is 19.3. The van der Waals surface area contributed by atoms with Crippen LogP contribution in [0.25, 0.3) is 22.1 Å². The van der Waals surface area contributed by atoms with Crippen molar-refractivity contribution < 1.29 is 8.78 Å². The van der Waals surface area contributed by atoms with Crippen molar-refractivity contribution >= 4 is 27.8 Å². The molecule has 0 amide bonds. The Hall–Kier alpha value is -3.40. The number of rotatable bonds is 6. The van der Waals surface area contributed by atoms with E-state index in [1.54, 1.807) is 25.5 Å². The number of piperazine rings is 1. The van der Waals surface area contributed by atoms with Gasteiger partial charge in [0.15, 0.2) is 0 Å². The standard InChI is InChI=1S/C26H31F2N7O/c1-5-19-13-34(22-11-25(36)32(4)23-14-33(15-24(27)28)31-26(22)23)16(2)12-35(19)17(3)18-6-7-20-21(10-18)30-9-8-29-20/h6-11,14,16-17,19,24H,5,12-13,15H2,1-4H3/t16-,17?,19+/m0/s1. The van der Waals surface area contributed by atoms with Gasteiger partial charge in [-0.3, -0.25) is 24.3 Å². The fourth-order valence-electron chi connectivity index (χ4n) is 5.36. The van der Waals surface area contributed by atoms with Gasteiger partial charge in [0, 0.05) is 62.9 Å². The number of pyridine rings is 1. The van der Waals surface area contributed by atoms with Gasteiger partial charge in [0.2, 0.25) is 0 Å². The van der Waals surface area contributed by atoms with Gasteiger partial charge in [-0.1, -0.05) is 13.0 Å². The average Bonchev–Trinajstić information content (AvgIpc) is 3.28. The quantitative estimate of drug-likeness (QED) is 0.403. The Labute approximate surface area is 208 Å². The number of hydrogen-bond acceptors (Lipinski definition) is 6. The zero-order chi connectivity index (χ0) is 25.6. The maximum atomic E-state index is 13.0. The van der Waals surface area contributed by atoms with Crippen LogP contribution in [0.1, 0.15) is 38.8 Å². The molecule has 0 aliphatic carbocycles. The van der Waals surface area contributed by atoms with Crippen LogP contribution in [-0.4, -0.2) is 60.8 Å². The fraction of sp³-hybridized carbons (Fsp3) is 0.462. The van der Waals surface area contributed by atoms with Crippen molar-refractivity contribution in [2.24, 2.45) is 7.05 Å². The number of nitrogens with zero attached hydrogens (tertiary/aromatic N) is 7. The van der Waals surface area contributed by atoms with Crippen LogP contribution in [0.3, 0.4) is 0 Å². The van der Waals surface area contributed by atoms with Crippen molar-refractivity contribution in [1.82, 2.24) is 29.2 Å². The molecule has 1 aliphatic heterocycles. The van der Waals surface area contributed by atoms with Crippen LogP contribution in [0.5, 0.6) is 0 Å². The van der Waals surface area contributed by atoms with Crippen molar-refractivity contribution in [3.63, 3.8) is 0 Å². The van der Waals surface area contributed by atoms with Crippen LogP contribution < -0.4 is 10.5 Å². The lowest BCUT2D eigenvalue weighted by Crippen LogP contribution is -2.58. The number of anilines is 1. The molecule has 1 aromatic carbocycles. The normalized spacial score (nSPS) is 20.0. The molecular weight excluding hydrogens is 464 g/mol. The molecule has 5 rings (SSSR count). The molecule has 4 aromatic rings. The van der Waals surface area contributed by atoms with Gasteiger partial charge in [0.05, 0.1) is 22.2 Å². The van der Waals surface area contributed by atoms with Crippen LogP contribution in [-0.2, 0) is 13.6 Å². The van der Waals surface area contributed by atoms with E-state index >= 15 is 0 Å². The maximum absolute atomic E-state index is 13.0. The first-order chi connectivity index (χ1) is 17.3. The SMILES string of the molecule is CC[C@@H]1CN(c2cc(=O)n(C)c3cn(CC(F)F)nc23)[C@@H](C)CN1C(C)c1ccc2nccnc2c1. The Balaban J connectivity index is 1.47. The van der Waals surface area contributed by atoms with E-state index < -0.39 is 13.0 Å². The first-order valence-electron chi connectivity index (χ1n) is 12.3. The van der Waals surface area contributed by atoms with E-state index in [4.69, 9.17) is 0 Å². The van der Waals surface area contributed by atoms with Crippen molar-refractivity contribution in [2.45, 2.75) is 58.3 Å². The van der Waals surface area contributed by atoms with Gasteiger partial charge in [-0.2, -0.15) is 5.10 Å². The Morgan fingerprint density at radius 1 is 1.11 bits per heavy atom. The van der Waals surface area contributed by atoms with E-state index in [0.29, 0.717) is 23.3 Å². The molecule has 0 spiro atoms. The molecule has 1 fully saturated rings. The van der Waals surface area contributed by atoms with E-state index in [-0.39, 0.29) is 23.7 Å². The largest absolute Gasteiger partial charge is 0.364 e. The third-order valence-corrected chi connectivity index (χ3v) is 7.40. The Bertz CT molecular complexity index is 1450. The predicted octanol–water partition coefficient (Wildman–Crippen LogP) is 3.99. The molecule has 0 N–H and O–H groups in total. The van der Waals surface area contributed by atoms with Crippen LogP contribution in [0.15, 0.2) is 47.7 Å². The molecule has 0 radical (unpaired) electrons. The minimum atomic E-state index is -2.52.